The zero-order valence-electron chi connectivity index (χ0n) is 11.4. The third-order valence-electron chi connectivity index (χ3n) is 3.15. The first kappa shape index (κ1) is 15.7. The summed E-state index contributed by atoms with van der Waals surface area (Å²) in [7, 11) is -3.78. The van der Waals surface area contributed by atoms with Crippen molar-refractivity contribution >= 4 is 15.9 Å². The lowest BCUT2D eigenvalue weighted by Crippen LogP contribution is -2.30. The molecule has 1 aromatic rings. The van der Waals surface area contributed by atoms with Gasteiger partial charge in [0.05, 0.1) is 4.90 Å². The molecule has 6 heteroatoms. The molecule has 106 valence electrons. The van der Waals surface area contributed by atoms with Crippen LogP contribution in [0.15, 0.2) is 29.2 Å². The molecular weight excluding hydrogens is 264 g/mol. The highest BCUT2D eigenvalue weighted by molar-refractivity contribution is 7.89. The Morgan fingerprint density at radius 3 is 2.47 bits per heavy atom. The minimum Gasteiger partial charge on any atom is -0.352 e. The molecule has 0 aliphatic rings. The van der Waals surface area contributed by atoms with Crippen LogP contribution in [0.1, 0.15) is 31.1 Å². The van der Waals surface area contributed by atoms with E-state index in [4.69, 9.17) is 5.14 Å². The van der Waals surface area contributed by atoms with Crippen LogP contribution in [-0.2, 0) is 10.0 Å². The van der Waals surface area contributed by atoms with Gasteiger partial charge in [-0.15, -0.1) is 0 Å². The van der Waals surface area contributed by atoms with Crippen LogP contribution in [0, 0.1) is 11.8 Å². The van der Waals surface area contributed by atoms with Crippen molar-refractivity contribution in [1.29, 1.82) is 0 Å². The monoisotopic (exact) mass is 284 g/mol. The molecule has 0 radical (unpaired) electrons. The number of hydrogen-bond acceptors (Lipinski definition) is 3. The van der Waals surface area contributed by atoms with E-state index >= 15 is 0 Å². The minimum absolute atomic E-state index is 0.0583. The van der Waals surface area contributed by atoms with E-state index in [1.54, 1.807) is 6.07 Å². The van der Waals surface area contributed by atoms with E-state index in [1.165, 1.54) is 18.2 Å². The molecule has 0 bridgehead atoms. The van der Waals surface area contributed by atoms with Gasteiger partial charge in [-0.2, -0.15) is 0 Å². The van der Waals surface area contributed by atoms with Crippen molar-refractivity contribution in [3.63, 3.8) is 0 Å². The van der Waals surface area contributed by atoms with Gasteiger partial charge >= 0.3 is 0 Å². The number of carbonyl (C=O) groups is 1. The Kier molecular flexibility index (Phi) is 5.08. The summed E-state index contributed by atoms with van der Waals surface area (Å²) in [6, 6.07) is 5.71. The Labute approximate surface area is 114 Å². The van der Waals surface area contributed by atoms with Gasteiger partial charge in [-0.05, 0) is 30.0 Å². The predicted octanol–water partition coefficient (Wildman–Crippen LogP) is 1.36. The average Bonchev–Trinajstić information content (AvgIpc) is 2.34. The molecule has 1 unspecified atom stereocenters. The number of amides is 1. The van der Waals surface area contributed by atoms with Crippen molar-refractivity contribution < 1.29 is 13.2 Å². The Bertz CT molecular complexity index is 553. The van der Waals surface area contributed by atoms with Crippen LogP contribution in [0.3, 0.4) is 0 Å². The summed E-state index contributed by atoms with van der Waals surface area (Å²) < 4.78 is 22.4. The number of benzene rings is 1. The molecule has 0 aromatic heterocycles. The van der Waals surface area contributed by atoms with Gasteiger partial charge in [-0.3, -0.25) is 4.79 Å². The quantitative estimate of drug-likeness (QED) is 0.855. The van der Waals surface area contributed by atoms with Crippen LogP contribution in [-0.4, -0.2) is 20.9 Å². The van der Waals surface area contributed by atoms with Crippen LogP contribution in [0.4, 0.5) is 0 Å². The van der Waals surface area contributed by atoms with Crippen LogP contribution in [0.5, 0.6) is 0 Å². The number of nitrogens with one attached hydrogen (secondary N) is 1. The lowest BCUT2D eigenvalue weighted by Gasteiger charge is -2.16. The molecule has 0 heterocycles. The zero-order valence-corrected chi connectivity index (χ0v) is 12.2. The molecule has 0 saturated heterocycles. The highest BCUT2D eigenvalue weighted by Gasteiger charge is 2.13. The number of sulfonamides is 1. The van der Waals surface area contributed by atoms with Crippen LogP contribution >= 0.6 is 0 Å². The fourth-order valence-corrected chi connectivity index (χ4v) is 1.97. The molecule has 0 spiro atoms. The number of hydrogen-bond donors (Lipinski definition) is 2. The molecule has 1 atom stereocenters. The van der Waals surface area contributed by atoms with Gasteiger partial charge in [0, 0.05) is 12.1 Å². The maximum Gasteiger partial charge on any atom is 0.251 e. The summed E-state index contributed by atoms with van der Waals surface area (Å²) in [4.78, 5) is 11.8. The molecule has 1 aromatic carbocycles. The summed E-state index contributed by atoms with van der Waals surface area (Å²) in [5, 5.41) is 7.81. The number of nitrogens with two attached hydrogens (primary N) is 1. The van der Waals surface area contributed by atoms with Gasteiger partial charge in [-0.1, -0.05) is 26.8 Å². The summed E-state index contributed by atoms with van der Waals surface area (Å²) >= 11 is 0. The van der Waals surface area contributed by atoms with E-state index in [2.05, 4.69) is 19.2 Å². The lowest BCUT2D eigenvalue weighted by atomic mass is 9.98. The summed E-state index contributed by atoms with van der Waals surface area (Å²) in [5.41, 5.74) is 0.294. The molecule has 1 amide bonds. The Balaban J connectivity index is 2.78. The lowest BCUT2D eigenvalue weighted by molar-refractivity contribution is 0.0944. The molecule has 0 saturated carbocycles. The normalized spacial score (nSPS) is 13.3. The molecule has 19 heavy (non-hydrogen) atoms. The maximum absolute atomic E-state index is 11.9. The van der Waals surface area contributed by atoms with Gasteiger partial charge in [0.2, 0.25) is 10.0 Å². The van der Waals surface area contributed by atoms with Crippen molar-refractivity contribution in [2.24, 2.45) is 17.0 Å². The van der Waals surface area contributed by atoms with Crippen LogP contribution in [0.2, 0.25) is 0 Å². The molecule has 0 aliphatic carbocycles. The van der Waals surface area contributed by atoms with Crippen molar-refractivity contribution in [1.82, 2.24) is 5.32 Å². The fourth-order valence-electron chi connectivity index (χ4n) is 1.41. The topological polar surface area (TPSA) is 89.3 Å². The van der Waals surface area contributed by atoms with E-state index in [0.717, 1.165) is 0 Å². The fraction of sp³-hybridized carbons (Fsp3) is 0.462. The number of primary sulfonamides is 1. The van der Waals surface area contributed by atoms with Crippen molar-refractivity contribution in [2.45, 2.75) is 25.7 Å². The number of rotatable bonds is 5. The highest BCUT2D eigenvalue weighted by atomic mass is 32.2. The second kappa shape index (κ2) is 6.16. The molecule has 5 nitrogen and oxygen atoms in total. The minimum atomic E-state index is -3.78. The Morgan fingerprint density at radius 2 is 1.95 bits per heavy atom. The zero-order chi connectivity index (χ0) is 14.6. The standard InChI is InChI=1S/C13H20N2O3S/c1-9(2)10(3)8-15-13(16)11-5-4-6-12(7-11)19(14,17)18/h4-7,9-10H,8H2,1-3H3,(H,15,16)(H2,14,17,18). The Morgan fingerprint density at radius 1 is 1.32 bits per heavy atom. The Hall–Kier alpha value is -1.40. The smallest absolute Gasteiger partial charge is 0.251 e. The van der Waals surface area contributed by atoms with Gasteiger partial charge in [0.25, 0.3) is 5.91 Å². The predicted molar refractivity (Wildman–Crippen MR) is 74.2 cm³/mol. The summed E-state index contributed by atoms with van der Waals surface area (Å²) in [6.07, 6.45) is 0. The van der Waals surface area contributed by atoms with Crippen LogP contribution in [0.25, 0.3) is 0 Å². The first-order valence-corrected chi connectivity index (χ1v) is 7.67. The SMILES string of the molecule is CC(C)C(C)CNC(=O)c1cccc(S(N)(=O)=O)c1. The van der Waals surface area contributed by atoms with Crippen molar-refractivity contribution in [3.05, 3.63) is 29.8 Å². The molecular formula is C13H20N2O3S. The van der Waals surface area contributed by atoms with E-state index < -0.39 is 10.0 Å². The van der Waals surface area contributed by atoms with Gasteiger partial charge in [0.15, 0.2) is 0 Å². The van der Waals surface area contributed by atoms with Gasteiger partial charge in [-0.25, -0.2) is 13.6 Å². The van der Waals surface area contributed by atoms with E-state index in [9.17, 15) is 13.2 Å². The third kappa shape index (κ3) is 4.65. The highest BCUT2D eigenvalue weighted by Crippen LogP contribution is 2.11. The first-order chi connectivity index (χ1) is 8.71. The largest absolute Gasteiger partial charge is 0.352 e. The first-order valence-electron chi connectivity index (χ1n) is 6.13. The molecule has 3 N–H and O–H groups in total. The summed E-state index contributed by atoms with van der Waals surface area (Å²) in [5.74, 6) is 0.527. The second-order valence-corrected chi connectivity index (χ2v) is 6.57. The van der Waals surface area contributed by atoms with Crippen molar-refractivity contribution in [2.75, 3.05) is 6.54 Å². The van der Waals surface area contributed by atoms with Crippen LogP contribution < -0.4 is 10.5 Å². The molecule has 1 rings (SSSR count). The maximum atomic E-state index is 11.9. The second-order valence-electron chi connectivity index (χ2n) is 5.00. The van der Waals surface area contributed by atoms with Crippen molar-refractivity contribution in [3.8, 4) is 0 Å². The van der Waals surface area contributed by atoms with E-state index in [1.807, 2.05) is 6.92 Å². The van der Waals surface area contributed by atoms with Gasteiger partial charge < -0.3 is 5.32 Å². The van der Waals surface area contributed by atoms with Gasteiger partial charge in [0.1, 0.15) is 0 Å². The molecule has 0 aliphatic heterocycles. The van der Waals surface area contributed by atoms with E-state index in [0.29, 0.717) is 23.9 Å². The third-order valence-corrected chi connectivity index (χ3v) is 4.06. The molecule has 0 fully saturated rings. The number of carbonyl (C=O) groups excluding carboxylic acids is 1. The average molecular weight is 284 g/mol. The van der Waals surface area contributed by atoms with E-state index in [-0.39, 0.29) is 10.8 Å². The summed E-state index contributed by atoms with van der Waals surface area (Å²) in [6.45, 7) is 6.76.